The number of carbonyl (C=O) groups excluding carboxylic acids is 1. The van der Waals surface area contributed by atoms with Crippen molar-refractivity contribution in [2.24, 2.45) is 0 Å². The van der Waals surface area contributed by atoms with Crippen LogP contribution in [0, 0.1) is 6.92 Å². The smallest absolute Gasteiger partial charge is 0.232 e. The molecule has 2 aromatic heterocycles. The lowest BCUT2D eigenvalue weighted by molar-refractivity contribution is -0.129. The molecule has 0 aliphatic carbocycles. The Bertz CT molecular complexity index is 1060. The van der Waals surface area contributed by atoms with E-state index < -0.39 is 0 Å². The van der Waals surface area contributed by atoms with E-state index >= 15 is 0 Å². The third kappa shape index (κ3) is 4.22. The maximum absolute atomic E-state index is 12.5. The van der Waals surface area contributed by atoms with Crippen molar-refractivity contribution < 1.29 is 14.3 Å². The monoisotopic (exact) mass is 444 g/mol. The second kappa shape index (κ2) is 9.18. The summed E-state index contributed by atoms with van der Waals surface area (Å²) in [6.07, 6.45) is 3.39. The van der Waals surface area contributed by atoms with E-state index in [1.807, 2.05) is 30.0 Å². The highest BCUT2D eigenvalue weighted by atomic mass is 32.2. The average Bonchev–Trinajstić information content (AvgIpc) is 3.18. The van der Waals surface area contributed by atoms with E-state index in [0.29, 0.717) is 22.3 Å². The van der Waals surface area contributed by atoms with Crippen molar-refractivity contribution in [3.05, 3.63) is 23.2 Å². The normalized spacial score (nSPS) is 14.2. The van der Waals surface area contributed by atoms with E-state index in [4.69, 9.17) is 9.47 Å². The maximum atomic E-state index is 12.5. The Labute approximate surface area is 183 Å². The number of nitrogens with zero attached hydrogens (tertiary/aromatic N) is 4. The van der Waals surface area contributed by atoms with Crippen LogP contribution >= 0.6 is 23.1 Å². The fourth-order valence-electron chi connectivity index (χ4n) is 3.55. The number of thioether (sulfide) groups is 1. The molecule has 0 bridgehead atoms. The summed E-state index contributed by atoms with van der Waals surface area (Å²) < 4.78 is 11.7. The van der Waals surface area contributed by atoms with E-state index in [1.54, 1.807) is 25.6 Å². The van der Waals surface area contributed by atoms with Crippen molar-refractivity contribution in [3.8, 4) is 22.8 Å². The Morgan fingerprint density at radius 2 is 1.90 bits per heavy atom. The van der Waals surface area contributed by atoms with E-state index in [9.17, 15) is 4.79 Å². The number of carbonyl (C=O) groups is 1. The van der Waals surface area contributed by atoms with Crippen molar-refractivity contribution >= 4 is 39.2 Å². The van der Waals surface area contributed by atoms with Crippen LogP contribution in [-0.2, 0) is 4.79 Å². The summed E-state index contributed by atoms with van der Waals surface area (Å²) in [5.41, 5.74) is 2.44. The van der Waals surface area contributed by atoms with Gasteiger partial charge in [0.25, 0.3) is 0 Å². The summed E-state index contributed by atoms with van der Waals surface area (Å²) in [5.74, 6) is 1.81. The molecule has 0 atom stereocenters. The van der Waals surface area contributed by atoms with Gasteiger partial charge in [0.15, 0.2) is 11.5 Å². The zero-order valence-corrected chi connectivity index (χ0v) is 18.9. The Morgan fingerprint density at radius 1 is 1.13 bits per heavy atom. The summed E-state index contributed by atoms with van der Waals surface area (Å²) in [6, 6.07) is 5.69. The van der Waals surface area contributed by atoms with Crippen LogP contribution in [0.4, 0.5) is 0 Å². The predicted molar refractivity (Wildman–Crippen MR) is 120 cm³/mol. The number of benzene rings is 1. The molecule has 0 saturated carbocycles. The van der Waals surface area contributed by atoms with Crippen LogP contribution < -0.4 is 9.47 Å². The molecule has 9 heteroatoms. The van der Waals surface area contributed by atoms with Crippen molar-refractivity contribution in [2.45, 2.75) is 31.2 Å². The lowest BCUT2D eigenvalue weighted by Gasteiger charge is -2.26. The van der Waals surface area contributed by atoms with Gasteiger partial charge in [-0.2, -0.15) is 0 Å². The molecule has 0 N–H and O–H groups in total. The number of aromatic nitrogens is 3. The molecule has 3 aromatic rings. The molecule has 0 spiro atoms. The molecule has 7 nitrogen and oxygen atoms in total. The summed E-state index contributed by atoms with van der Waals surface area (Å²) in [4.78, 5) is 19.2. The Hall–Kier alpha value is -2.39. The molecular weight excluding hydrogens is 420 g/mol. The molecule has 1 saturated heterocycles. The third-order valence-corrected chi connectivity index (χ3v) is 7.01. The van der Waals surface area contributed by atoms with Gasteiger partial charge in [0.2, 0.25) is 5.91 Å². The number of hydrogen-bond donors (Lipinski definition) is 0. The van der Waals surface area contributed by atoms with Gasteiger partial charge < -0.3 is 14.4 Å². The van der Waals surface area contributed by atoms with Crippen LogP contribution in [0.15, 0.2) is 23.2 Å². The van der Waals surface area contributed by atoms with Crippen LogP contribution in [0.2, 0.25) is 0 Å². The fourth-order valence-corrected chi connectivity index (χ4v) is 5.37. The van der Waals surface area contributed by atoms with E-state index in [0.717, 1.165) is 52.4 Å². The van der Waals surface area contributed by atoms with Crippen LogP contribution in [0.3, 0.4) is 0 Å². The molecule has 1 fully saturated rings. The zero-order valence-electron chi connectivity index (χ0n) is 17.3. The minimum Gasteiger partial charge on any atom is -0.493 e. The SMILES string of the molecule is COc1ccc(-c2nnc(SCC(=O)N3CCCCC3)c3nc(C)sc23)cc1OC. The van der Waals surface area contributed by atoms with Gasteiger partial charge in [-0.1, -0.05) is 11.8 Å². The van der Waals surface area contributed by atoms with Gasteiger partial charge in [0.05, 0.1) is 29.7 Å². The largest absolute Gasteiger partial charge is 0.493 e. The summed E-state index contributed by atoms with van der Waals surface area (Å²) >= 11 is 3.00. The lowest BCUT2D eigenvalue weighted by Crippen LogP contribution is -2.36. The number of likely N-dealkylation sites (tertiary alicyclic amines) is 1. The van der Waals surface area contributed by atoms with Crippen LogP contribution in [0.25, 0.3) is 21.5 Å². The lowest BCUT2D eigenvalue weighted by atomic mass is 10.1. The van der Waals surface area contributed by atoms with Crippen molar-refractivity contribution in [1.82, 2.24) is 20.1 Å². The molecule has 3 heterocycles. The van der Waals surface area contributed by atoms with E-state index in [1.165, 1.54) is 18.2 Å². The zero-order chi connectivity index (χ0) is 21.1. The fraction of sp³-hybridized carbons (Fsp3) is 0.429. The summed E-state index contributed by atoms with van der Waals surface area (Å²) in [7, 11) is 3.22. The van der Waals surface area contributed by atoms with Gasteiger partial charge in [0, 0.05) is 18.7 Å². The topological polar surface area (TPSA) is 77.4 Å². The number of hydrogen-bond acceptors (Lipinski definition) is 8. The first-order chi connectivity index (χ1) is 14.6. The number of thiazole rings is 1. The average molecular weight is 445 g/mol. The van der Waals surface area contributed by atoms with Crippen LogP contribution in [0.1, 0.15) is 24.3 Å². The highest BCUT2D eigenvalue weighted by molar-refractivity contribution is 8.00. The molecule has 0 radical (unpaired) electrons. The van der Waals surface area contributed by atoms with Gasteiger partial charge in [0.1, 0.15) is 16.2 Å². The van der Waals surface area contributed by atoms with E-state index in [2.05, 4.69) is 15.2 Å². The van der Waals surface area contributed by atoms with Gasteiger partial charge >= 0.3 is 0 Å². The molecule has 4 rings (SSSR count). The highest BCUT2D eigenvalue weighted by Gasteiger charge is 2.20. The number of piperidine rings is 1. The molecule has 1 aromatic carbocycles. The summed E-state index contributed by atoms with van der Waals surface area (Å²) in [5, 5.41) is 10.6. The van der Waals surface area contributed by atoms with Crippen molar-refractivity contribution in [3.63, 3.8) is 0 Å². The number of ether oxygens (including phenoxy) is 2. The molecule has 30 heavy (non-hydrogen) atoms. The highest BCUT2D eigenvalue weighted by Crippen LogP contribution is 2.38. The van der Waals surface area contributed by atoms with Gasteiger partial charge in [-0.3, -0.25) is 4.79 Å². The Morgan fingerprint density at radius 3 is 2.63 bits per heavy atom. The van der Waals surface area contributed by atoms with Gasteiger partial charge in [-0.15, -0.1) is 21.5 Å². The number of methoxy groups -OCH3 is 2. The second-order valence-electron chi connectivity index (χ2n) is 7.06. The summed E-state index contributed by atoms with van der Waals surface area (Å²) in [6.45, 7) is 3.68. The van der Waals surface area contributed by atoms with Gasteiger partial charge in [-0.05, 0) is 44.4 Å². The number of rotatable bonds is 6. The molecule has 1 amide bonds. The number of aryl methyl sites for hydroxylation is 1. The first-order valence-electron chi connectivity index (χ1n) is 9.87. The van der Waals surface area contributed by atoms with Crippen molar-refractivity contribution in [2.75, 3.05) is 33.1 Å². The van der Waals surface area contributed by atoms with Crippen LogP contribution in [-0.4, -0.2) is 59.1 Å². The minimum atomic E-state index is 0.158. The maximum Gasteiger partial charge on any atom is 0.232 e. The number of amides is 1. The van der Waals surface area contributed by atoms with Crippen LogP contribution in [0.5, 0.6) is 11.5 Å². The first-order valence-corrected chi connectivity index (χ1v) is 11.7. The first kappa shape index (κ1) is 20.9. The Kier molecular flexibility index (Phi) is 6.38. The molecule has 1 aliphatic heterocycles. The van der Waals surface area contributed by atoms with Crippen molar-refractivity contribution in [1.29, 1.82) is 0 Å². The standard InChI is InChI=1S/C21H24N4O3S2/c1-13-22-19-20(30-13)18(14-7-8-15(27-2)16(11-14)28-3)23-24-21(19)29-12-17(26)25-9-5-4-6-10-25/h7-8,11H,4-6,9-10,12H2,1-3H3. The molecule has 158 valence electrons. The molecule has 1 aliphatic rings. The molecular formula is C21H24N4O3S2. The quantitative estimate of drug-likeness (QED) is 0.528. The van der Waals surface area contributed by atoms with Gasteiger partial charge in [-0.25, -0.2) is 4.98 Å². The number of fused-ring (bicyclic) bond motifs is 1. The Balaban J connectivity index is 1.62. The predicted octanol–water partition coefficient (Wildman–Crippen LogP) is 4.18. The third-order valence-electron chi connectivity index (χ3n) is 5.09. The minimum absolute atomic E-state index is 0.158. The second-order valence-corrected chi connectivity index (χ2v) is 9.23. The van der Waals surface area contributed by atoms with E-state index in [-0.39, 0.29) is 5.91 Å². The molecule has 0 unspecified atom stereocenters.